The lowest BCUT2D eigenvalue weighted by Gasteiger charge is -2.21. The average molecular weight is 438 g/mol. The van der Waals surface area contributed by atoms with Crippen molar-refractivity contribution in [3.8, 4) is 33.4 Å². The Morgan fingerprint density at radius 2 is 0.941 bits per heavy atom. The van der Waals surface area contributed by atoms with Gasteiger partial charge in [-0.2, -0.15) is 0 Å². The average Bonchev–Trinajstić information content (AvgIpc) is 3.12. The Bertz CT molecular complexity index is 1460. The molecule has 34 heavy (non-hydrogen) atoms. The summed E-state index contributed by atoms with van der Waals surface area (Å²) in [7, 11) is 0. The minimum Gasteiger partial charge on any atom is -0.356 e. The van der Waals surface area contributed by atoms with Crippen molar-refractivity contribution in [1.82, 2.24) is 0 Å². The van der Waals surface area contributed by atoms with Crippen LogP contribution in [0.25, 0.3) is 33.4 Å². The first-order valence-corrected chi connectivity index (χ1v) is 11.9. The lowest BCUT2D eigenvalue weighted by Crippen LogP contribution is -2.14. The van der Waals surface area contributed by atoms with Crippen LogP contribution in [0.4, 0.5) is 11.4 Å². The highest BCUT2D eigenvalue weighted by Crippen LogP contribution is 2.49. The normalized spacial score (nSPS) is 13.2. The summed E-state index contributed by atoms with van der Waals surface area (Å²) < 4.78 is 0. The predicted octanol–water partition coefficient (Wildman–Crippen LogP) is 9.07. The molecule has 0 radical (unpaired) electrons. The zero-order valence-electron chi connectivity index (χ0n) is 19.5. The molecule has 1 N–H and O–H groups in total. The van der Waals surface area contributed by atoms with Crippen LogP contribution in [-0.4, -0.2) is 0 Å². The van der Waals surface area contributed by atoms with Gasteiger partial charge in [0.2, 0.25) is 0 Å². The molecule has 6 rings (SSSR count). The fraction of sp³-hybridized carbons (Fsp3) is 0.0909. The quantitative estimate of drug-likeness (QED) is 0.296. The SMILES string of the molecule is CC1(C)c2ccccc2-c2cc(-c3ccc(Nc4ccc(-c5ccccc5)cc4)cc3)ccc21. The molecule has 0 fully saturated rings. The number of benzene rings is 5. The second-order valence-corrected chi connectivity index (χ2v) is 9.58. The van der Waals surface area contributed by atoms with Crippen LogP contribution in [0.15, 0.2) is 121 Å². The fourth-order valence-corrected chi connectivity index (χ4v) is 5.19. The summed E-state index contributed by atoms with van der Waals surface area (Å²) in [4.78, 5) is 0. The Morgan fingerprint density at radius 3 is 1.62 bits per heavy atom. The molecule has 0 bridgehead atoms. The van der Waals surface area contributed by atoms with Crippen LogP contribution < -0.4 is 5.32 Å². The first-order chi connectivity index (χ1) is 16.6. The van der Waals surface area contributed by atoms with Gasteiger partial charge in [-0.05, 0) is 74.8 Å². The molecule has 5 aromatic rings. The van der Waals surface area contributed by atoms with E-state index in [1.54, 1.807) is 0 Å². The fourth-order valence-electron chi connectivity index (χ4n) is 5.19. The van der Waals surface area contributed by atoms with Gasteiger partial charge in [-0.3, -0.25) is 0 Å². The van der Waals surface area contributed by atoms with E-state index < -0.39 is 0 Å². The van der Waals surface area contributed by atoms with Crippen molar-refractivity contribution in [3.05, 3.63) is 132 Å². The topological polar surface area (TPSA) is 12.0 Å². The molecule has 0 unspecified atom stereocenters. The highest BCUT2D eigenvalue weighted by atomic mass is 14.9. The minimum absolute atomic E-state index is 0.0499. The standard InChI is InChI=1S/C33H27N/c1-33(2)31-11-7-6-10-29(31)30-22-26(16-21-32(30)33)25-14-19-28(20-15-25)34-27-17-12-24(13-18-27)23-8-4-3-5-9-23/h3-22,34H,1-2H3. The maximum atomic E-state index is 3.53. The summed E-state index contributed by atoms with van der Waals surface area (Å²) in [5.74, 6) is 0. The number of hydrogen-bond acceptors (Lipinski definition) is 1. The summed E-state index contributed by atoms with van der Waals surface area (Å²) in [6.07, 6.45) is 0. The number of rotatable bonds is 4. The van der Waals surface area contributed by atoms with E-state index in [9.17, 15) is 0 Å². The summed E-state index contributed by atoms with van der Waals surface area (Å²) >= 11 is 0. The zero-order valence-corrected chi connectivity index (χ0v) is 19.5. The summed E-state index contributed by atoms with van der Waals surface area (Å²) in [5.41, 5.74) is 12.7. The summed E-state index contributed by atoms with van der Waals surface area (Å²) in [6.45, 7) is 4.65. The van der Waals surface area contributed by atoms with Gasteiger partial charge in [0.15, 0.2) is 0 Å². The molecule has 1 nitrogen and oxygen atoms in total. The molecule has 0 spiro atoms. The van der Waals surface area contributed by atoms with Gasteiger partial charge >= 0.3 is 0 Å². The van der Waals surface area contributed by atoms with Crippen LogP contribution in [0.2, 0.25) is 0 Å². The maximum Gasteiger partial charge on any atom is 0.0384 e. The zero-order chi connectivity index (χ0) is 23.1. The Hall–Kier alpha value is -4.10. The van der Waals surface area contributed by atoms with Crippen molar-refractivity contribution in [1.29, 1.82) is 0 Å². The van der Waals surface area contributed by atoms with Crippen LogP contribution in [-0.2, 0) is 5.41 Å². The van der Waals surface area contributed by atoms with Crippen molar-refractivity contribution >= 4 is 11.4 Å². The van der Waals surface area contributed by atoms with Gasteiger partial charge in [0, 0.05) is 16.8 Å². The predicted molar refractivity (Wildman–Crippen MR) is 145 cm³/mol. The molecule has 0 atom stereocenters. The van der Waals surface area contributed by atoms with E-state index in [4.69, 9.17) is 0 Å². The first-order valence-electron chi connectivity index (χ1n) is 11.9. The second kappa shape index (κ2) is 8.04. The van der Waals surface area contributed by atoms with E-state index >= 15 is 0 Å². The van der Waals surface area contributed by atoms with Gasteiger partial charge in [0.1, 0.15) is 0 Å². The van der Waals surface area contributed by atoms with E-state index in [1.807, 2.05) is 6.07 Å². The van der Waals surface area contributed by atoms with Gasteiger partial charge in [-0.25, -0.2) is 0 Å². The summed E-state index contributed by atoms with van der Waals surface area (Å²) in [6, 6.07) is 43.5. The monoisotopic (exact) mass is 437 g/mol. The minimum atomic E-state index is 0.0499. The third kappa shape index (κ3) is 3.50. The van der Waals surface area contributed by atoms with E-state index in [1.165, 1.54) is 44.5 Å². The van der Waals surface area contributed by atoms with Gasteiger partial charge in [0.05, 0.1) is 0 Å². The molecule has 164 valence electrons. The van der Waals surface area contributed by atoms with Crippen molar-refractivity contribution < 1.29 is 0 Å². The van der Waals surface area contributed by atoms with Gasteiger partial charge in [0.25, 0.3) is 0 Å². The molecule has 1 aliphatic rings. The molecule has 0 aliphatic heterocycles. The second-order valence-electron chi connectivity index (χ2n) is 9.58. The highest BCUT2D eigenvalue weighted by molar-refractivity contribution is 5.84. The number of anilines is 2. The van der Waals surface area contributed by atoms with Gasteiger partial charge in [-0.1, -0.05) is 105 Å². The molecule has 0 saturated heterocycles. The molecular weight excluding hydrogens is 410 g/mol. The largest absolute Gasteiger partial charge is 0.356 e. The van der Waals surface area contributed by atoms with E-state index in [2.05, 4.69) is 134 Å². The highest BCUT2D eigenvalue weighted by Gasteiger charge is 2.34. The molecule has 1 aliphatic carbocycles. The molecule has 0 heterocycles. The molecule has 1 heteroatoms. The lowest BCUT2D eigenvalue weighted by atomic mass is 9.82. The lowest BCUT2D eigenvalue weighted by molar-refractivity contribution is 0.660. The molecule has 0 aromatic heterocycles. The van der Waals surface area contributed by atoms with Gasteiger partial charge in [-0.15, -0.1) is 0 Å². The third-order valence-electron chi connectivity index (χ3n) is 7.08. The number of nitrogens with one attached hydrogen (secondary N) is 1. The van der Waals surface area contributed by atoms with Crippen LogP contribution >= 0.6 is 0 Å². The summed E-state index contributed by atoms with van der Waals surface area (Å²) in [5, 5.41) is 3.53. The van der Waals surface area contributed by atoms with Crippen molar-refractivity contribution in [3.63, 3.8) is 0 Å². The smallest absolute Gasteiger partial charge is 0.0384 e. The third-order valence-corrected chi connectivity index (χ3v) is 7.08. The van der Waals surface area contributed by atoms with Crippen molar-refractivity contribution in [2.24, 2.45) is 0 Å². The molecular formula is C33H27N. The van der Waals surface area contributed by atoms with Crippen LogP contribution in [0.1, 0.15) is 25.0 Å². The molecule has 5 aromatic carbocycles. The number of hydrogen-bond donors (Lipinski definition) is 1. The van der Waals surface area contributed by atoms with Crippen LogP contribution in [0, 0.1) is 0 Å². The Labute approximate surface area is 201 Å². The first kappa shape index (κ1) is 20.5. The van der Waals surface area contributed by atoms with Gasteiger partial charge < -0.3 is 5.32 Å². The number of fused-ring (bicyclic) bond motifs is 3. The molecule has 0 amide bonds. The van der Waals surface area contributed by atoms with Crippen molar-refractivity contribution in [2.75, 3.05) is 5.32 Å². The van der Waals surface area contributed by atoms with Crippen LogP contribution in [0.5, 0.6) is 0 Å². The molecule has 0 saturated carbocycles. The Balaban J connectivity index is 1.24. The maximum absolute atomic E-state index is 3.53. The van der Waals surface area contributed by atoms with Crippen LogP contribution in [0.3, 0.4) is 0 Å². The Kier molecular flexibility index (Phi) is 4.85. The Morgan fingerprint density at radius 1 is 0.441 bits per heavy atom. The van der Waals surface area contributed by atoms with Crippen molar-refractivity contribution in [2.45, 2.75) is 19.3 Å². The van der Waals surface area contributed by atoms with E-state index in [0.717, 1.165) is 11.4 Å². The van der Waals surface area contributed by atoms with E-state index in [-0.39, 0.29) is 5.41 Å². The van der Waals surface area contributed by atoms with E-state index in [0.29, 0.717) is 0 Å².